The van der Waals surface area contributed by atoms with E-state index in [1.807, 2.05) is 5.38 Å². The number of anilines is 1. The van der Waals surface area contributed by atoms with Gasteiger partial charge in [-0.15, -0.1) is 11.3 Å². The van der Waals surface area contributed by atoms with E-state index in [1.54, 1.807) is 18.2 Å². The molecule has 0 bridgehead atoms. The first-order valence-electron chi connectivity index (χ1n) is 6.85. The molecule has 0 radical (unpaired) electrons. The Bertz CT molecular complexity index is 670. The van der Waals surface area contributed by atoms with Crippen molar-refractivity contribution in [2.45, 2.75) is 19.3 Å². The van der Waals surface area contributed by atoms with Gasteiger partial charge < -0.3 is 16.2 Å². The molecule has 1 amide bonds. The Balaban J connectivity index is 1.98. The van der Waals surface area contributed by atoms with Crippen molar-refractivity contribution in [1.82, 2.24) is 4.98 Å². The highest BCUT2D eigenvalue weighted by Crippen LogP contribution is 2.16. The fraction of sp³-hybridized carbons (Fsp3) is 0.267. The Kier molecular flexibility index (Phi) is 5.62. The van der Waals surface area contributed by atoms with Crippen molar-refractivity contribution >= 4 is 28.9 Å². The standard InChI is InChI=1S/C15H17N3O3S/c16-7-3-6-14-17-10(9-22-14)8-13(19)18-12-5-2-1-4-11(12)15(20)21/h1-2,4-5,9H,3,6-8,16H2,(H,18,19)(H,20,21). The predicted molar refractivity (Wildman–Crippen MR) is 85.2 cm³/mol. The molecule has 6 nitrogen and oxygen atoms in total. The van der Waals surface area contributed by atoms with Crippen LogP contribution in [-0.2, 0) is 17.6 Å². The Morgan fingerprint density at radius 1 is 1.32 bits per heavy atom. The number of para-hydroxylation sites is 1. The molecule has 0 saturated carbocycles. The number of nitrogens with one attached hydrogen (secondary N) is 1. The number of benzene rings is 1. The molecule has 1 heterocycles. The lowest BCUT2D eigenvalue weighted by Gasteiger charge is -2.07. The molecule has 7 heteroatoms. The van der Waals surface area contributed by atoms with E-state index in [0.29, 0.717) is 17.9 Å². The third-order valence-corrected chi connectivity index (χ3v) is 3.92. The van der Waals surface area contributed by atoms with Gasteiger partial charge >= 0.3 is 5.97 Å². The zero-order valence-corrected chi connectivity index (χ0v) is 12.7. The number of aromatic nitrogens is 1. The molecule has 0 spiro atoms. The minimum absolute atomic E-state index is 0.0674. The fourth-order valence-electron chi connectivity index (χ4n) is 1.94. The summed E-state index contributed by atoms with van der Waals surface area (Å²) in [5.41, 5.74) is 6.49. The molecule has 0 unspecified atom stereocenters. The third-order valence-electron chi connectivity index (χ3n) is 2.97. The zero-order chi connectivity index (χ0) is 15.9. The van der Waals surface area contributed by atoms with E-state index in [-0.39, 0.29) is 17.9 Å². The van der Waals surface area contributed by atoms with Crippen LogP contribution in [0.5, 0.6) is 0 Å². The summed E-state index contributed by atoms with van der Waals surface area (Å²) in [5.74, 6) is -1.36. The van der Waals surface area contributed by atoms with Crippen molar-refractivity contribution in [2.75, 3.05) is 11.9 Å². The van der Waals surface area contributed by atoms with Crippen molar-refractivity contribution in [2.24, 2.45) is 5.73 Å². The maximum atomic E-state index is 12.0. The average Bonchev–Trinajstić information content (AvgIpc) is 2.92. The minimum Gasteiger partial charge on any atom is -0.478 e. The second-order valence-corrected chi connectivity index (χ2v) is 5.64. The monoisotopic (exact) mass is 319 g/mol. The SMILES string of the molecule is NCCCc1nc(CC(=O)Nc2ccccc2C(=O)O)cs1. The van der Waals surface area contributed by atoms with Crippen LogP contribution in [0.25, 0.3) is 0 Å². The Morgan fingerprint density at radius 3 is 2.82 bits per heavy atom. The van der Waals surface area contributed by atoms with Crippen molar-refractivity contribution in [3.05, 3.63) is 45.9 Å². The molecule has 116 valence electrons. The molecular weight excluding hydrogens is 302 g/mol. The summed E-state index contributed by atoms with van der Waals surface area (Å²) < 4.78 is 0. The molecule has 4 N–H and O–H groups in total. The Morgan fingerprint density at radius 2 is 2.09 bits per heavy atom. The molecule has 1 aromatic carbocycles. The van der Waals surface area contributed by atoms with Gasteiger partial charge in [-0.1, -0.05) is 12.1 Å². The van der Waals surface area contributed by atoms with Gasteiger partial charge in [-0.25, -0.2) is 9.78 Å². The van der Waals surface area contributed by atoms with E-state index < -0.39 is 5.97 Å². The molecule has 1 aromatic heterocycles. The molecule has 2 rings (SSSR count). The third kappa shape index (κ3) is 4.37. The summed E-state index contributed by atoms with van der Waals surface area (Å²) in [4.78, 5) is 27.5. The summed E-state index contributed by atoms with van der Waals surface area (Å²) in [6.45, 7) is 0.612. The lowest BCUT2D eigenvalue weighted by atomic mass is 10.1. The topological polar surface area (TPSA) is 105 Å². The van der Waals surface area contributed by atoms with Crippen molar-refractivity contribution < 1.29 is 14.7 Å². The van der Waals surface area contributed by atoms with E-state index in [1.165, 1.54) is 17.4 Å². The van der Waals surface area contributed by atoms with Gasteiger partial charge in [0, 0.05) is 11.8 Å². The molecule has 0 atom stereocenters. The first-order valence-corrected chi connectivity index (χ1v) is 7.73. The van der Waals surface area contributed by atoms with Crippen molar-refractivity contribution in [1.29, 1.82) is 0 Å². The van der Waals surface area contributed by atoms with Gasteiger partial charge in [0.1, 0.15) is 0 Å². The maximum Gasteiger partial charge on any atom is 0.337 e. The second kappa shape index (κ2) is 7.67. The lowest BCUT2D eigenvalue weighted by molar-refractivity contribution is -0.115. The smallest absolute Gasteiger partial charge is 0.337 e. The number of aryl methyl sites for hydroxylation is 1. The van der Waals surface area contributed by atoms with Gasteiger partial charge in [0.15, 0.2) is 0 Å². The van der Waals surface area contributed by atoms with Crippen LogP contribution in [0.3, 0.4) is 0 Å². The van der Waals surface area contributed by atoms with E-state index >= 15 is 0 Å². The number of aromatic carboxylic acids is 1. The predicted octanol–water partition coefficient (Wildman–Crippen LogP) is 1.91. The number of hydrogen-bond donors (Lipinski definition) is 3. The minimum atomic E-state index is -1.08. The highest BCUT2D eigenvalue weighted by molar-refractivity contribution is 7.09. The molecule has 0 aliphatic heterocycles. The quantitative estimate of drug-likeness (QED) is 0.723. The normalized spacial score (nSPS) is 10.4. The second-order valence-electron chi connectivity index (χ2n) is 4.70. The average molecular weight is 319 g/mol. The molecule has 0 aliphatic rings. The van der Waals surface area contributed by atoms with E-state index in [9.17, 15) is 9.59 Å². The summed E-state index contributed by atoms with van der Waals surface area (Å²) in [7, 11) is 0. The molecule has 0 fully saturated rings. The highest BCUT2D eigenvalue weighted by Gasteiger charge is 2.13. The van der Waals surface area contributed by atoms with Crippen LogP contribution < -0.4 is 11.1 Å². The van der Waals surface area contributed by atoms with Gasteiger partial charge in [0.2, 0.25) is 5.91 Å². The molecule has 0 saturated heterocycles. The number of thiazole rings is 1. The first kappa shape index (κ1) is 16.1. The van der Waals surface area contributed by atoms with E-state index in [2.05, 4.69) is 10.3 Å². The Hall–Kier alpha value is -2.25. The molecule has 0 aliphatic carbocycles. The van der Waals surface area contributed by atoms with Crippen LogP contribution in [0.2, 0.25) is 0 Å². The summed E-state index contributed by atoms with van der Waals surface area (Å²) in [5, 5.41) is 14.5. The van der Waals surface area contributed by atoms with Gasteiger partial charge in [-0.2, -0.15) is 0 Å². The largest absolute Gasteiger partial charge is 0.478 e. The van der Waals surface area contributed by atoms with Crippen LogP contribution in [0.1, 0.15) is 27.5 Å². The van der Waals surface area contributed by atoms with Crippen LogP contribution in [0.15, 0.2) is 29.6 Å². The van der Waals surface area contributed by atoms with Gasteiger partial charge in [-0.05, 0) is 25.1 Å². The number of amides is 1. The first-order chi connectivity index (χ1) is 10.6. The van der Waals surface area contributed by atoms with Gasteiger partial charge in [-0.3, -0.25) is 4.79 Å². The number of rotatable bonds is 7. The zero-order valence-electron chi connectivity index (χ0n) is 11.9. The lowest BCUT2D eigenvalue weighted by Crippen LogP contribution is -2.17. The van der Waals surface area contributed by atoms with E-state index in [0.717, 1.165) is 17.8 Å². The number of nitrogens with zero attached hydrogens (tertiary/aromatic N) is 1. The number of carbonyl (C=O) groups excluding carboxylic acids is 1. The van der Waals surface area contributed by atoms with Crippen LogP contribution in [0, 0.1) is 0 Å². The van der Waals surface area contributed by atoms with Crippen LogP contribution >= 0.6 is 11.3 Å². The maximum absolute atomic E-state index is 12.0. The summed E-state index contributed by atoms with van der Waals surface area (Å²) in [6.07, 6.45) is 1.79. The van der Waals surface area contributed by atoms with Gasteiger partial charge in [0.25, 0.3) is 0 Å². The van der Waals surface area contributed by atoms with Crippen LogP contribution in [0.4, 0.5) is 5.69 Å². The number of hydrogen-bond acceptors (Lipinski definition) is 5. The Labute approximate surface area is 132 Å². The van der Waals surface area contributed by atoms with Crippen LogP contribution in [-0.4, -0.2) is 28.5 Å². The number of carboxylic acid groups (broad SMARTS) is 1. The number of carboxylic acids is 1. The molecule has 2 aromatic rings. The van der Waals surface area contributed by atoms with Crippen molar-refractivity contribution in [3.63, 3.8) is 0 Å². The number of nitrogens with two attached hydrogens (primary N) is 1. The highest BCUT2D eigenvalue weighted by atomic mass is 32.1. The van der Waals surface area contributed by atoms with E-state index in [4.69, 9.17) is 10.8 Å². The summed E-state index contributed by atoms with van der Waals surface area (Å²) >= 11 is 1.51. The molecular formula is C15H17N3O3S. The summed E-state index contributed by atoms with van der Waals surface area (Å²) in [6, 6.07) is 6.31. The van der Waals surface area contributed by atoms with Crippen molar-refractivity contribution in [3.8, 4) is 0 Å². The molecule has 22 heavy (non-hydrogen) atoms. The fourth-order valence-corrected chi connectivity index (χ4v) is 2.78. The number of carbonyl (C=O) groups is 2. The van der Waals surface area contributed by atoms with Gasteiger partial charge in [0.05, 0.1) is 28.4 Å².